The third-order valence-electron chi connectivity index (χ3n) is 3.11. The lowest BCUT2D eigenvalue weighted by Crippen LogP contribution is -2.51. The number of nitrogens with two attached hydrogens (primary N) is 1. The molecule has 2 rings (SSSR count). The van der Waals surface area contributed by atoms with Crippen molar-refractivity contribution >= 4 is 12.1 Å². The Morgan fingerprint density at radius 1 is 1.50 bits per heavy atom. The number of amides is 1. The van der Waals surface area contributed by atoms with E-state index in [1.54, 1.807) is 6.21 Å². The van der Waals surface area contributed by atoms with E-state index in [1.807, 2.05) is 37.3 Å². The molecule has 2 atom stereocenters. The van der Waals surface area contributed by atoms with Gasteiger partial charge in [0.15, 0.2) is 0 Å². The van der Waals surface area contributed by atoms with E-state index in [9.17, 15) is 4.79 Å². The molecule has 5 heteroatoms. The summed E-state index contributed by atoms with van der Waals surface area (Å²) in [7, 11) is 0. The Balaban J connectivity index is 1.97. The van der Waals surface area contributed by atoms with Crippen LogP contribution in [0.4, 0.5) is 0 Å². The Hall–Kier alpha value is -2.14. The summed E-state index contributed by atoms with van der Waals surface area (Å²) in [6, 6.07) is 9.85. The summed E-state index contributed by atoms with van der Waals surface area (Å²) in [6.45, 7) is 2.53. The van der Waals surface area contributed by atoms with Crippen LogP contribution in [0, 0.1) is 0 Å². The fourth-order valence-electron chi connectivity index (χ4n) is 2.12. The van der Waals surface area contributed by atoms with Gasteiger partial charge in [-0.15, -0.1) is 0 Å². The van der Waals surface area contributed by atoms with E-state index in [0.29, 0.717) is 6.54 Å². The van der Waals surface area contributed by atoms with Gasteiger partial charge in [-0.1, -0.05) is 30.3 Å². The van der Waals surface area contributed by atoms with Crippen LogP contribution in [0.3, 0.4) is 0 Å². The van der Waals surface area contributed by atoms with Gasteiger partial charge in [0, 0.05) is 18.0 Å². The lowest BCUT2D eigenvalue weighted by atomic mass is 10.0. The predicted molar refractivity (Wildman–Crippen MR) is 78.3 cm³/mol. The number of hydrogen-bond acceptors (Lipinski definition) is 4. The summed E-state index contributed by atoms with van der Waals surface area (Å²) in [5, 5.41) is 2.83. The van der Waals surface area contributed by atoms with Gasteiger partial charge in [-0.2, -0.15) is 0 Å². The van der Waals surface area contributed by atoms with Crippen molar-refractivity contribution in [1.82, 2.24) is 5.32 Å². The summed E-state index contributed by atoms with van der Waals surface area (Å²) in [5.74, 6) is -0.105. The lowest BCUT2D eigenvalue weighted by molar-refractivity contribution is -0.134. The molecule has 0 radical (unpaired) electrons. The van der Waals surface area contributed by atoms with Crippen molar-refractivity contribution in [3.05, 3.63) is 47.7 Å². The molecule has 0 aromatic heterocycles. The summed E-state index contributed by atoms with van der Waals surface area (Å²) in [6.07, 6.45) is 2.94. The molecule has 0 bridgehead atoms. The first-order chi connectivity index (χ1) is 9.70. The highest BCUT2D eigenvalue weighted by Gasteiger charge is 2.28. The number of carbonyl (C=O) groups excluding carboxylic acids is 1. The van der Waals surface area contributed by atoms with Crippen LogP contribution in [0.1, 0.15) is 12.5 Å². The standard InChI is InChI=1S/C15H19N3O2/c1-11-15(20-10-14(19)18-11)13(7-16)9-17-8-12-5-3-2-4-6-12/h2-7,9,11,15H,8,10,16H2,1H3,(H,18,19). The van der Waals surface area contributed by atoms with Crippen molar-refractivity contribution in [3.8, 4) is 0 Å². The molecule has 5 nitrogen and oxygen atoms in total. The first-order valence-electron chi connectivity index (χ1n) is 6.57. The minimum atomic E-state index is -0.253. The molecular formula is C15H19N3O2. The minimum absolute atomic E-state index is 0.0544. The molecule has 2 unspecified atom stereocenters. The first-order valence-corrected chi connectivity index (χ1v) is 6.57. The molecule has 106 valence electrons. The molecular weight excluding hydrogens is 254 g/mol. The monoisotopic (exact) mass is 273 g/mol. The van der Waals surface area contributed by atoms with E-state index in [-0.39, 0.29) is 24.7 Å². The average molecular weight is 273 g/mol. The lowest BCUT2D eigenvalue weighted by Gasteiger charge is -2.30. The van der Waals surface area contributed by atoms with Crippen LogP contribution in [0.25, 0.3) is 0 Å². The molecule has 1 amide bonds. The van der Waals surface area contributed by atoms with Gasteiger partial charge in [0.2, 0.25) is 5.91 Å². The molecule has 1 heterocycles. The van der Waals surface area contributed by atoms with Crippen molar-refractivity contribution < 1.29 is 9.53 Å². The highest BCUT2D eigenvalue weighted by Crippen LogP contribution is 2.13. The number of carbonyl (C=O) groups is 1. The molecule has 3 N–H and O–H groups in total. The maximum Gasteiger partial charge on any atom is 0.246 e. The number of nitrogens with zero attached hydrogens (tertiary/aromatic N) is 1. The van der Waals surface area contributed by atoms with Crippen LogP contribution in [-0.2, 0) is 16.1 Å². The topological polar surface area (TPSA) is 76.7 Å². The summed E-state index contributed by atoms with van der Waals surface area (Å²) in [4.78, 5) is 15.6. The van der Waals surface area contributed by atoms with E-state index in [4.69, 9.17) is 10.5 Å². The fourth-order valence-corrected chi connectivity index (χ4v) is 2.12. The van der Waals surface area contributed by atoms with Crippen LogP contribution in [-0.4, -0.2) is 30.9 Å². The van der Waals surface area contributed by atoms with E-state index >= 15 is 0 Å². The third-order valence-corrected chi connectivity index (χ3v) is 3.11. The number of hydrogen-bond donors (Lipinski definition) is 2. The molecule has 0 spiro atoms. The molecule has 1 aromatic carbocycles. The molecule has 1 fully saturated rings. The molecule has 1 saturated heterocycles. The maximum atomic E-state index is 11.2. The van der Waals surface area contributed by atoms with Gasteiger partial charge < -0.3 is 15.8 Å². The van der Waals surface area contributed by atoms with E-state index in [0.717, 1.165) is 11.1 Å². The van der Waals surface area contributed by atoms with E-state index in [1.165, 1.54) is 6.20 Å². The summed E-state index contributed by atoms with van der Waals surface area (Å²) < 4.78 is 5.51. The second-order valence-corrected chi connectivity index (χ2v) is 4.71. The van der Waals surface area contributed by atoms with Crippen molar-refractivity contribution in [1.29, 1.82) is 0 Å². The molecule has 20 heavy (non-hydrogen) atoms. The molecule has 1 aromatic rings. The average Bonchev–Trinajstić information content (AvgIpc) is 2.46. The van der Waals surface area contributed by atoms with Crippen molar-refractivity contribution in [3.63, 3.8) is 0 Å². The summed E-state index contributed by atoms with van der Waals surface area (Å²) >= 11 is 0. The Bertz CT molecular complexity index is 511. The number of ether oxygens (including phenoxy) is 1. The Morgan fingerprint density at radius 3 is 2.90 bits per heavy atom. The fraction of sp³-hybridized carbons (Fsp3) is 0.333. The van der Waals surface area contributed by atoms with E-state index in [2.05, 4.69) is 10.3 Å². The van der Waals surface area contributed by atoms with Crippen LogP contribution in [0.2, 0.25) is 0 Å². The Labute approximate surface area is 118 Å². The van der Waals surface area contributed by atoms with Gasteiger partial charge in [-0.05, 0) is 12.5 Å². The van der Waals surface area contributed by atoms with E-state index < -0.39 is 0 Å². The van der Waals surface area contributed by atoms with Crippen LogP contribution in [0.5, 0.6) is 0 Å². The van der Waals surface area contributed by atoms with Gasteiger partial charge in [-0.25, -0.2) is 0 Å². The number of aliphatic imine (C=N–C) groups is 1. The summed E-state index contributed by atoms with van der Waals surface area (Å²) in [5.41, 5.74) is 7.54. The van der Waals surface area contributed by atoms with Crippen molar-refractivity contribution in [2.75, 3.05) is 6.61 Å². The number of benzene rings is 1. The quantitative estimate of drug-likeness (QED) is 0.804. The second-order valence-electron chi connectivity index (χ2n) is 4.71. The minimum Gasteiger partial charge on any atom is -0.404 e. The van der Waals surface area contributed by atoms with Gasteiger partial charge in [0.05, 0.1) is 12.6 Å². The van der Waals surface area contributed by atoms with Crippen LogP contribution in [0.15, 0.2) is 47.1 Å². The van der Waals surface area contributed by atoms with Crippen molar-refractivity contribution in [2.45, 2.75) is 25.6 Å². The second kappa shape index (κ2) is 6.86. The maximum absolute atomic E-state index is 11.2. The zero-order chi connectivity index (χ0) is 14.4. The van der Waals surface area contributed by atoms with Gasteiger partial charge in [0.25, 0.3) is 0 Å². The first kappa shape index (κ1) is 14.3. The van der Waals surface area contributed by atoms with Crippen LogP contribution >= 0.6 is 0 Å². The zero-order valence-electron chi connectivity index (χ0n) is 11.5. The predicted octanol–water partition coefficient (Wildman–Crippen LogP) is 1.00. The highest BCUT2D eigenvalue weighted by molar-refractivity contribution is 5.82. The Kier molecular flexibility index (Phi) is 4.90. The van der Waals surface area contributed by atoms with Gasteiger partial charge in [0.1, 0.15) is 12.7 Å². The zero-order valence-corrected chi connectivity index (χ0v) is 11.5. The Morgan fingerprint density at radius 2 is 2.25 bits per heavy atom. The third kappa shape index (κ3) is 3.68. The van der Waals surface area contributed by atoms with Crippen LogP contribution < -0.4 is 11.1 Å². The smallest absolute Gasteiger partial charge is 0.246 e. The number of nitrogens with one attached hydrogen (secondary N) is 1. The highest BCUT2D eigenvalue weighted by atomic mass is 16.5. The number of morpholine rings is 1. The normalized spacial score (nSPS) is 23.9. The van der Waals surface area contributed by atoms with Crippen molar-refractivity contribution in [2.24, 2.45) is 10.7 Å². The molecule has 0 aliphatic carbocycles. The van der Waals surface area contributed by atoms with Gasteiger partial charge >= 0.3 is 0 Å². The SMILES string of the molecule is CC1NC(=O)COC1C(C=NCc1ccccc1)=CN. The largest absolute Gasteiger partial charge is 0.404 e. The van der Waals surface area contributed by atoms with Gasteiger partial charge in [-0.3, -0.25) is 9.79 Å². The number of rotatable bonds is 4. The molecule has 1 aliphatic rings. The molecule has 1 aliphatic heterocycles. The molecule has 0 saturated carbocycles.